The molecule has 22 heavy (non-hydrogen) atoms. The van der Waals surface area contributed by atoms with Gasteiger partial charge in [-0.15, -0.1) is 0 Å². The molecule has 0 N–H and O–H groups in total. The fourth-order valence-corrected chi connectivity index (χ4v) is 2.19. The van der Waals surface area contributed by atoms with Gasteiger partial charge < -0.3 is 9.47 Å². The first-order valence-corrected chi connectivity index (χ1v) is 8.08. The van der Waals surface area contributed by atoms with Crippen LogP contribution in [-0.4, -0.2) is 6.29 Å². The Morgan fingerprint density at radius 3 is 2.09 bits per heavy atom. The minimum atomic E-state index is -0.297. The smallest absolute Gasteiger partial charge is 0.243 e. The van der Waals surface area contributed by atoms with Crippen molar-refractivity contribution >= 4 is 0 Å². The monoisotopic (exact) mass is 298 g/mol. The minimum absolute atomic E-state index is 0.257. The van der Waals surface area contributed by atoms with Crippen LogP contribution in [0.1, 0.15) is 45.6 Å². The molecule has 2 nitrogen and oxygen atoms in total. The summed E-state index contributed by atoms with van der Waals surface area (Å²) in [4.78, 5) is 0. The van der Waals surface area contributed by atoms with Gasteiger partial charge in [0.25, 0.3) is 0 Å². The van der Waals surface area contributed by atoms with Gasteiger partial charge in [0.2, 0.25) is 6.29 Å². The van der Waals surface area contributed by atoms with E-state index in [4.69, 9.17) is 9.47 Å². The van der Waals surface area contributed by atoms with Crippen molar-refractivity contribution < 1.29 is 9.47 Å². The molecule has 0 fully saturated rings. The van der Waals surface area contributed by atoms with Crippen molar-refractivity contribution in [2.75, 3.05) is 0 Å². The van der Waals surface area contributed by atoms with Crippen LogP contribution >= 0.6 is 0 Å². The van der Waals surface area contributed by atoms with Crippen LogP contribution in [0, 0.1) is 5.92 Å². The predicted molar refractivity (Wildman–Crippen MR) is 91.5 cm³/mol. The first-order valence-electron chi connectivity index (χ1n) is 8.08. The topological polar surface area (TPSA) is 18.5 Å². The number of ether oxygens (including phenoxy) is 2. The van der Waals surface area contributed by atoms with Gasteiger partial charge in [0.1, 0.15) is 11.5 Å². The van der Waals surface area contributed by atoms with E-state index in [9.17, 15) is 0 Å². The van der Waals surface area contributed by atoms with Crippen LogP contribution < -0.4 is 9.47 Å². The molecule has 0 aliphatic heterocycles. The maximum atomic E-state index is 6.09. The third-order valence-corrected chi connectivity index (χ3v) is 3.83. The third kappa shape index (κ3) is 4.52. The van der Waals surface area contributed by atoms with Crippen LogP contribution in [0.5, 0.6) is 11.5 Å². The summed E-state index contributed by atoms with van der Waals surface area (Å²) in [5, 5.41) is 0. The Morgan fingerprint density at radius 1 is 0.818 bits per heavy atom. The van der Waals surface area contributed by atoms with Crippen molar-refractivity contribution in [2.45, 2.75) is 46.3 Å². The maximum absolute atomic E-state index is 6.09. The molecule has 0 amide bonds. The molecular weight excluding hydrogens is 272 g/mol. The number of benzene rings is 2. The molecule has 0 radical (unpaired) electrons. The van der Waals surface area contributed by atoms with Crippen LogP contribution in [0.2, 0.25) is 0 Å². The highest BCUT2D eigenvalue weighted by Crippen LogP contribution is 2.25. The van der Waals surface area contributed by atoms with E-state index < -0.39 is 0 Å². The lowest BCUT2D eigenvalue weighted by Gasteiger charge is -2.24. The Bertz CT molecular complexity index is 563. The van der Waals surface area contributed by atoms with Crippen LogP contribution in [0.4, 0.5) is 0 Å². The van der Waals surface area contributed by atoms with E-state index in [0.717, 1.165) is 17.9 Å². The summed E-state index contributed by atoms with van der Waals surface area (Å²) in [6, 6.07) is 18.1. The molecule has 0 heterocycles. The number of para-hydroxylation sites is 1. The Balaban J connectivity index is 2.11. The second-order valence-electron chi connectivity index (χ2n) is 6.04. The number of hydrogen-bond acceptors (Lipinski definition) is 2. The van der Waals surface area contributed by atoms with Crippen LogP contribution in [0.25, 0.3) is 0 Å². The van der Waals surface area contributed by atoms with Gasteiger partial charge in [0.05, 0.1) is 0 Å². The summed E-state index contributed by atoms with van der Waals surface area (Å²) in [6.45, 7) is 8.64. The molecular formula is C20H26O2. The molecule has 118 valence electrons. The molecule has 0 aliphatic carbocycles. The summed E-state index contributed by atoms with van der Waals surface area (Å²) in [5.74, 6) is 2.50. The quantitative estimate of drug-likeness (QED) is 0.616. The molecule has 2 aromatic rings. The molecule has 2 heteroatoms. The first kappa shape index (κ1) is 16.4. The van der Waals surface area contributed by atoms with Gasteiger partial charge in [-0.25, -0.2) is 0 Å². The van der Waals surface area contributed by atoms with Crippen LogP contribution in [0.15, 0.2) is 54.6 Å². The van der Waals surface area contributed by atoms with Crippen LogP contribution in [0.3, 0.4) is 0 Å². The molecule has 2 atom stereocenters. The second-order valence-corrected chi connectivity index (χ2v) is 6.04. The van der Waals surface area contributed by atoms with Crippen molar-refractivity contribution in [2.24, 2.45) is 5.92 Å². The number of rotatable bonds is 7. The van der Waals surface area contributed by atoms with Crippen molar-refractivity contribution in [3.05, 3.63) is 60.2 Å². The van der Waals surface area contributed by atoms with Gasteiger partial charge in [-0.3, -0.25) is 0 Å². The van der Waals surface area contributed by atoms with E-state index >= 15 is 0 Å². The Morgan fingerprint density at radius 2 is 1.45 bits per heavy atom. The largest absolute Gasteiger partial charge is 0.455 e. The lowest BCUT2D eigenvalue weighted by atomic mass is 9.99. The highest BCUT2D eigenvalue weighted by Gasteiger charge is 2.17. The fraction of sp³-hybridized carbons (Fsp3) is 0.400. The Hall–Kier alpha value is -1.96. The van der Waals surface area contributed by atoms with Gasteiger partial charge in [0.15, 0.2) is 0 Å². The van der Waals surface area contributed by atoms with Gasteiger partial charge in [-0.1, -0.05) is 58.0 Å². The summed E-state index contributed by atoms with van der Waals surface area (Å²) in [5.41, 5.74) is 1.31. The number of hydrogen-bond donors (Lipinski definition) is 0. The van der Waals surface area contributed by atoms with E-state index in [0.29, 0.717) is 5.92 Å². The van der Waals surface area contributed by atoms with Gasteiger partial charge in [-0.05, 0) is 42.2 Å². The van der Waals surface area contributed by atoms with Gasteiger partial charge in [-0.2, -0.15) is 0 Å². The van der Waals surface area contributed by atoms with E-state index in [1.807, 2.05) is 36.4 Å². The van der Waals surface area contributed by atoms with E-state index in [-0.39, 0.29) is 12.2 Å². The van der Waals surface area contributed by atoms with Crippen molar-refractivity contribution in [3.63, 3.8) is 0 Å². The zero-order valence-corrected chi connectivity index (χ0v) is 14.0. The minimum Gasteiger partial charge on any atom is -0.455 e. The van der Waals surface area contributed by atoms with Gasteiger partial charge in [0, 0.05) is 5.92 Å². The summed E-state index contributed by atoms with van der Waals surface area (Å²) in [6.07, 6.45) is 0.826. The highest BCUT2D eigenvalue weighted by atomic mass is 16.7. The zero-order chi connectivity index (χ0) is 15.9. The second kappa shape index (κ2) is 7.88. The van der Waals surface area contributed by atoms with Crippen molar-refractivity contribution in [1.29, 1.82) is 0 Å². The zero-order valence-electron chi connectivity index (χ0n) is 14.0. The standard InChI is InChI=1S/C20H26O2/c1-5-16(4)17-10-9-13-19(14-17)22-20(15(2)3)21-18-11-7-6-8-12-18/h6-16,20H,5H2,1-4H3. The summed E-state index contributed by atoms with van der Waals surface area (Å²) < 4.78 is 12.1. The predicted octanol–water partition coefficient (Wildman–Crippen LogP) is 5.64. The molecule has 2 unspecified atom stereocenters. The molecule has 2 aromatic carbocycles. The van der Waals surface area contributed by atoms with Crippen molar-refractivity contribution in [3.8, 4) is 11.5 Å². The Labute approximate surface area is 134 Å². The average molecular weight is 298 g/mol. The first-order chi connectivity index (χ1) is 10.6. The Kier molecular flexibility index (Phi) is 5.88. The molecule has 0 bridgehead atoms. The molecule has 2 rings (SSSR count). The molecule has 0 aliphatic rings. The van der Waals surface area contributed by atoms with Crippen molar-refractivity contribution in [1.82, 2.24) is 0 Å². The maximum Gasteiger partial charge on any atom is 0.243 e. The molecule has 0 spiro atoms. The normalized spacial score (nSPS) is 13.7. The highest BCUT2D eigenvalue weighted by molar-refractivity contribution is 5.31. The SMILES string of the molecule is CCC(C)c1cccc(OC(Oc2ccccc2)C(C)C)c1. The molecule has 0 aromatic heterocycles. The van der Waals surface area contributed by atoms with E-state index in [1.54, 1.807) is 0 Å². The summed E-state index contributed by atoms with van der Waals surface area (Å²) in [7, 11) is 0. The average Bonchev–Trinajstić information content (AvgIpc) is 2.54. The fourth-order valence-electron chi connectivity index (χ4n) is 2.19. The molecule has 0 saturated carbocycles. The van der Waals surface area contributed by atoms with Gasteiger partial charge >= 0.3 is 0 Å². The van der Waals surface area contributed by atoms with E-state index in [2.05, 4.69) is 45.9 Å². The van der Waals surface area contributed by atoms with Crippen LogP contribution in [-0.2, 0) is 0 Å². The third-order valence-electron chi connectivity index (χ3n) is 3.83. The van der Waals surface area contributed by atoms with E-state index in [1.165, 1.54) is 5.56 Å². The summed E-state index contributed by atoms with van der Waals surface area (Å²) >= 11 is 0. The lowest BCUT2D eigenvalue weighted by Crippen LogP contribution is -2.29. The lowest BCUT2D eigenvalue weighted by molar-refractivity contribution is -0.0298. The molecule has 0 saturated heterocycles.